The first-order valence-electron chi connectivity index (χ1n) is 5.09. The van der Waals surface area contributed by atoms with Crippen LogP contribution in [0.5, 0.6) is 0 Å². The third-order valence-corrected chi connectivity index (χ3v) is 2.04. The van der Waals surface area contributed by atoms with Gasteiger partial charge in [0.15, 0.2) is 0 Å². The lowest BCUT2D eigenvalue weighted by molar-refractivity contribution is -0.122. The van der Waals surface area contributed by atoms with Crippen molar-refractivity contribution in [1.82, 2.24) is 0 Å². The zero-order chi connectivity index (χ0) is 10.4. The molecule has 1 unspecified atom stereocenters. The van der Waals surface area contributed by atoms with Gasteiger partial charge in [-0.1, -0.05) is 32.4 Å². The molecule has 0 heterocycles. The molecule has 0 aliphatic carbocycles. The van der Waals surface area contributed by atoms with E-state index in [1.165, 1.54) is 5.57 Å². The van der Waals surface area contributed by atoms with Gasteiger partial charge in [-0.3, -0.25) is 4.79 Å². The Labute approximate surface area is 82.2 Å². The molecule has 0 saturated carbocycles. The van der Waals surface area contributed by atoms with Crippen LogP contribution >= 0.6 is 0 Å². The lowest BCUT2D eigenvalue weighted by Crippen LogP contribution is -2.12. The maximum Gasteiger partial charge on any atom is 0.136 e. The highest BCUT2D eigenvalue weighted by Crippen LogP contribution is 2.12. The topological polar surface area (TPSA) is 17.1 Å². The fraction of sp³-hybridized carbons (Fsp3) is 0.750. The van der Waals surface area contributed by atoms with Crippen molar-refractivity contribution in [2.45, 2.75) is 47.5 Å². The van der Waals surface area contributed by atoms with E-state index in [1.54, 1.807) is 0 Å². The Balaban J connectivity index is 3.90. The quantitative estimate of drug-likeness (QED) is 0.594. The van der Waals surface area contributed by atoms with E-state index in [1.807, 2.05) is 6.92 Å². The zero-order valence-corrected chi connectivity index (χ0v) is 9.55. The first-order chi connectivity index (χ1) is 5.93. The van der Waals surface area contributed by atoms with Crippen LogP contribution < -0.4 is 0 Å². The Kier molecular flexibility index (Phi) is 5.68. The Morgan fingerprint density at radius 2 is 1.77 bits per heavy atom. The van der Waals surface area contributed by atoms with Crippen LogP contribution in [0.1, 0.15) is 47.5 Å². The lowest BCUT2D eigenvalue weighted by Gasteiger charge is -2.09. The number of carbonyl (C=O) groups is 1. The van der Waals surface area contributed by atoms with Crippen LogP contribution in [0.2, 0.25) is 0 Å². The SMILES string of the molecule is CC(C)=CCC(C)C(=O)CC(C)C. The molecule has 0 aliphatic rings. The van der Waals surface area contributed by atoms with E-state index in [4.69, 9.17) is 0 Å². The molecule has 76 valence electrons. The third kappa shape index (κ3) is 6.56. The fourth-order valence-corrected chi connectivity index (χ4v) is 1.15. The molecule has 1 atom stereocenters. The molecule has 0 amide bonds. The third-order valence-electron chi connectivity index (χ3n) is 2.04. The maximum absolute atomic E-state index is 11.5. The second kappa shape index (κ2) is 5.95. The molecule has 0 fully saturated rings. The van der Waals surface area contributed by atoms with E-state index in [-0.39, 0.29) is 5.92 Å². The molecular formula is C12H22O. The number of carbonyl (C=O) groups excluding carboxylic acids is 1. The van der Waals surface area contributed by atoms with Gasteiger partial charge in [0, 0.05) is 12.3 Å². The molecule has 0 radical (unpaired) electrons. The van der Waals surface area contributed by atoms with Crippen molar-refractivity contribution >= 4 is 5.78 Å². The summed E-state index contributed by atoms with van der Waals surface area (Å²) in [6.45, 7) is 10.3. The molecule has 0 aromatic rings. The van der Waals surface area contributed by atoms with E-state index < -0.39 is 0 Å². The number of Topliss-reactive ketones (excluding diaryl/α,β-unsaturated/α-hetero) is 1. The van der Waals surface area contributed by atoms with Crippen molar-refractivity contribution in [3.05, 3.63) is 11.6 Å². The Bertz CT molecular complexity index is 185. The minimum atomic E-state index is 0.192. The summed E-state index contributed by atoms with van der Waals surface area (Å²) in [6, 6.07) is 0. The van der Waals surface area contributed by atoms with Crippen LogP contribution in [0.25, 0.3) is 0 Å². The summed E-state index contributed by atoms with van der Waals surface area (Å²) >= 11 is 0. The predicted octanol–water partition coefficient (Wildman–Crippen LogP) is 3.59. The average Bonchev–Trinajstić information content (AvgIpc) is 1.98. The second-order valence-corrected chi connectivity index (χ2v) is 4.48. The Morgan fingerprint density at radius 3 is 2.15 bits per heavy atom. The molecular weight excluding hydrogens is 160 g/mol. The van der Waals surface area contributed by atoms with Gasteiger partial charge in [0.05, 0.1) is 0 Å². The van der Waals surface area contributed by atoms with Crippen molar-refractivity contribution in [3.8, 4) is 0 Å². The number of hydrogen-bond acceptors (Lipinski definition) is 1. The highest BCUT2D eigenvalue weighted by Gasteiger charge is 2.12. The van der Waals surface area contributed by atoms with E-state index in [2.05, 4.69) is 33.8 Å². The van der Waals surface area contributed by atoms with Crippen molar-refractivity contribution < 1.29 is 4.79 Å². The Morgan fingerprint density at radius 1 is 1.23 bits per heavy atom. The molecule has 0 aromatic heterocycles. The van der Waals surface area contributed by atoms with Gasteiger partial charge in [-0.05, 0) is 26.2 Å². The molecule has 0 saturated heterocycles. The fourth-order valence-electron chi connectivity index (χ4n) is 1.15. The average molecular weight is 182 g/mol. The van der Waals surface area contributed by atoms with Gasteiger partial charge in [0.25, 0.3) is 0 Å². The highest BCUT2D eigenvalue weighted by molar-refractivity contribution is 5.80. The standard InChI is InChI=1S/C12H22O/c1-9(2)6-7-11(5)12(13)8-10(3)4/h6,10-11H,7-8H2,1-5H3. The summed E-state index contributed by atoms with van der Waals surface area (Å²) in [6.07, 6.45) is 3.76. The number of allylic oxidation sites excluding steroid dienone is 2. The minimum Gasteiger partial charge on any atom is -0.299 e. The van der Waals surface area contributed by atoms with Crippen molar-refractivity contribution in [1.29, 1.82) is 0 Å². The van der Waals surface area contributed by atoms with Gasteiger partial charge < -0.3 is 0 Å². The first-order valence-corrected chi connectivity index (χ1v) is 5.09. The summed E-state index contributed by atoms with van der Waals surface area (Å²) in [5.74, 6) is 1.08. The van der Waals surface area contributed by atoms with E-state index in [0.717, 1.165) is 12.8 Å². The van der Waals surface area contributed by atoms with E-state index in [0.29, 0.717) is 11.7 Å². The van der Waals surface area contributed by atoms with Crippen molar-refractivity contribution in [3.63, 3.8) is 0 Å². The van der Waals surface area contributed by atoms with Crippen molar-refractivity contribution in [2.75, 3.05) is 0 Å². The minimum absolute atomic E-state index is 0.192. The van der Waals surface area contributed by atoms with Crippen LogP contribution in [0.3, 0.4) is 0 Å². The summed E-state index contributed by atoms with van der Waals surface area (Å²) in [4.78, 5) is 11.5. The zero-order valence-electron chi connectivity index (χ0n) is 9.55. The van der Waals surface area contributed by atoms with Gasteiger partial charge in [-0.25, -0.2) is 0 Å². The maximum atomic E-state index is 11.5. The second-order valence-electron chi connectivity index (χ2n) is 4.48. The predicted molar refractivity (Wildman–Crippen MR) is 57.7 cm³/mol. The van der Waals surface area contributed by atoms with Crippen LogP contribution in [-0.2, 0) is 4.79 Å². The normalized spacial score (nSPS) is 12.8. The van der Waals surface area contributed by atoms with Crippen molar-refractivity contribution in [2.24, 2.45) is 11.8 Å². The molecule has 1 heteroatoms. The molecule has 0 N–H and O–H groups in total. The summed E-state index contributed by atoms with van der Waals surface area (Å²) in [5.41, 5.74) is 1.30. The smallest absolute Gasteiger partial charge is 0.136 e. The summed E-state index contributed by atoms with van der Waals surface area (Å²) in [7, 11) is 0. The number of ketones is 1. The number of hydrogen-bond donors (Lipinski definition) is 0. The summed E-state index contributed by atoms with van der Waals surface area (Å²) < 4.78 is 0. The van der Waals surface area contributed by atoms with Gasteiger partial charge >= 0.3 is 0 Å². The van der Waals surface area contributed by atoms with Crippen LogP contribution in [0.4, 0.5) is 0 Å². The van der Waals surface area contributed by atoms with Gasteiger partial charge in [0.2, 0.25) is 0 Å². The first kappa shape index (κ1) is 12.4. The van der Waals surface area contributed by atoms with Crippen LogP contribution in [-0.4, -0.2) is 5.78 Å². The largest absolute Gasteiger partial charge is 0.299 e. The van der Waals surface area contributed by atoms with Crippen LogP contribution in [0, 0.1) is 11.8 Å². The van der Waals surface area contributed by atoms with Gasteiger partial charge in [0.1, 0.15) is 5.78 Å². The monoisotopic (exact) mass is 182 g/mol. The molecule has 0 bridgehead atoms. The molecule has 0 rings (SSSR count). The lowest BCUT2D eigenvalue weighted by atomic mass is 9.94. The highest BCUT2D eigenvalue weighted by atomic mass is 16.1. The van der Waals surface area contributed by atoms with Gasteiger partial charge in [-0.15, -0.1) is 0 Å². The Hall–Kier alpha value is -0.590. The number of rotatable bonds is 5. The van der Waals surface area contributed by atoms with E-state index in [9.17, 15) is 4.79 Å². The molecule has 13 heavy (non-hydrogen) atoms. The van der Waals surface area contributed by atoms with Crippen LogP contribution in [0.15, 0.2) is 11.6 Å². The van der Waals surface area contributed by atoms with Gasteiger partial charge in [-0.2, -0.15) is 0 Å². The molecule has 0 aromatic carbocycles. The molecule has 1 nitrogen and oxygen atoms in total. The van der Waals surface area contributed by atoms with E-state index >= 15 is 0 Å². The molecule has 0 spiro atoms. The summed E-state index contributed by atoms with van der Waals surface area (Å²) in [5, 5.41) is 0. The molecule has 0 aliphatic heterocycles.